The summed E-state index contributed by atoms with van der Waals surface area (Å²) >= 11 is 0. The van der Waals surface area contributed by atoms with Crippen molar-refractivity contribution in [2.24, 2.45) is 5.41 Å². The maximum Gasteiger partial charge on any atom is 0.229 e. The molecular formula is C18H28N2O2. The van der Waals surface area contributed by atoms with E-state index < -0.39 is 0 Å². The molecule has 0 aromatic heterocycles. The van der Waals surface area contributed by atoms with Crippen LogP contribution < -0.4 is 5.32 Å². The monoisotopic (exact) mass is 304 g/mol. The van der Waals surface area contributed by atoms with Gasteiger partial charge in [-0.3, -0.25) is 4.79 Å². The van der Waals surface area contributed by atoms with Crippen molar-refractivity contribution in [3.63, 3.8) is 0 Å². The van der Waals surface area contributed by atoms with Gasteiger partial charge in [-0.1, -0.05) is 18.2 Å². The molecule has 2 aliphatic heterocycles. The average molecular weight is 304 g/mol. The summed E-state index contributed by atoms with van der Waals surface area (Å²) < 4.78 is 5.23. The predicted octanol–water partition coefficient (Wildman–Crippen LogP) is 2.64. The predicted molar refractivity (Wildman–Crippen MR) is 89.4 cm³/mol. The second-order valence-corrected chi connectivity index (χ2v) is 6.05. The number of nitrogens with one attached hydrogen (secondary N) is 1. The van der Waals surface area contributed by atoms with Gasteiger partial charge in [0.15, 0.2) is 0 Å². The Kier molecular flexibility index (Phi) is 6.25. The normalized spacial score (nSPS) is 22.4. The fraction of sp³-hybridized carbons (Fsp3) is 0.611. The van der Waals surface area contributed by atoms with E-state index in [1.165, 1.54) is 0 Å². The number of piperidine rings is 1. The lowest BCUT2D eigenvalue weighted by atomic mass is 9.78. The summed E-state index contributed by atoms with van der Waals surface area (Å²) in [7, 11) is 1.68. The number of amides is 1. The topological polar surface area (TPSA) is 41.6 Å². The van der Waals surface area contributed by atoms with Gasteiger partial charge in [0, 0.05) is 13.1 Å². The highest BCUT2D eigenvalue weighted by molar-refractivity contribution is 5.85. The number of allylic oxidation sites excluding steroid dienone is 4. The van der Waals surface area contributed by atoms with E-state index in [4.69, 9.17) is 4.74 Å². The Morgan fingerprint density at radius 1 is 1.32 bits per heavy atom. The van der Waals surface area contributed by atoms with Crippen LogP contribution in [0.4, 0.5) is 0 Å². The van der Waals surface area contributed by atoms with Crippen LogP contribution >= 0.6 is 0 Å². The van der Waals surface area contributed by atoms with Gasteiger partial charge in [0.05, 0.1) is 12.5 Å². The second-order valence-electron chi connectivity index (χ2n) is 6.05. The van der Waals surface area contributed by atoms with Crippen molar-refractivity contribution in [2.75, 3.05) is 33.3 Å². The molecule has 1 spiro atoms. The minimum Gasteiger partial charge on any atom is -0.497 e. The Labute approximate surface area is 133 Å². The van der Waals surface area contributed by atoms with Crippen LogP contribution in [0.2, 0.25) is 0 Å². The summed E-state index contributed by atoms with van der Waals surface area (Å²) in [6.07, 6.45) is 14.0. The minimum atomic E-state index is -0.0614. The molecule has 0 bridgehead atoms. The van der Waals surface area contributed by atoms with Crippen LogP contribution in [0, 0.1) is 5.41 Å². The van der Waals surface area contributed by atoms with Gasteiger partial charge in [-0.05, 0) is 57.8 Å². The van der Waals surface area contributed by atoms with Crippen LogP contribution in [-0.4, -0.2) is 44.1 Å². The van der Waals surface area contributed by atoms with E-state index in [2.05, 4.69) is 17.5 Å². The van der Waals surface area contributed by atoms with Crippen molar-refractivity contribution in [3.05, 3.63) is 36.1 Å². The molecule has 0 aromatic rings. The van der Waals surface area contributed by atoms with Gasteiger partial charge in [-0.25, -0.2) is 0 Å². The van der Waals surface area contributed by atoms with Crippen LogP contribution in [0.25, 0.3) is 0 Å². The number of likely N-dealkylation sites (tertiary alicyclic amines) is 1. The summed E-state index contributed by atoms with van der Waals surface area (Å²) in [5.41, 5.74) is -0.0614. The quantitative estimate of drug-likeness (QED) is 0.466. The van der Waals surface area contributed by atoms with E-state index in [0.29, 0.717) is 5.91 Å². The number of hydrogen-bond acceptors (Lipinski definition) is 3. The molecule has 0 saturated carbocycles. The standard InChI is InChI=1S/C18H28N2O2/c1-3-7-16(22-2)8-5-4-6-14-20-15-11-18(17(20)21)9-12-19-13-10-18/h3-4,6-8,19H,5,9-15H2,1-2H3/b6-4+,7-3-,16-8?. The molecule has 0 aromatic carbocycles. The highest BCUT2D eigenvalue weighted by Crippen LogP contribution is 2.39. The van der Waals surface area contributed by atoms with E-state index in [-0.39, 0.29) is 5.41 Å². The van der Waals surface area contributed by atoms with E-state index in [1.807, 2.05) is 30.1 Å². The zero-order valence-electron chi connectivity index (χ0n) is 13.8. The molecule has 1 N–H and O–H groups in total. The summed E-state index contributed by atoms with van der Waals surface area (Å²) in [5, 5.41) is 3.35. The van der Waals surface area contributed by atoms with Gasteiger partial charge in [-0.15, -0.1) is 0 Å². The molecule has 0 unspecified atom stereocenters. The lowest BCUT2D eigenvalue weighted by Gasteiger charge is -2.31. The SMILES string of the molecule is C/C=C\C(=CC/C=C/CN1CCC2(CCNCC2)C1=O)OC. The molecule has 2 rings (SSSR count). The Morgan fingerprint density at radius 3 is 2.77 bits per heavy atom. The van der Waals surface area contributed by atoms with Gasteiger partial charge >= 0.3 is 0 Å². The van der Waals surface area contributed by atoms with Crippen molar-refractivity contribution < 1.29 is 9.53 Å². The zero-order valence-corrected chi connectivity index (χ0v) is 13.8. The van der Waals surface area contributed by atoms with Crippen LogP contribution in [-0.2, 0) is 9.53 Å². The molecule has 2 saturated heterocycles. The van der Waals surface area contributed by atoms with E-state index >= 15 is 0 Å². The molecule has 0 atom stereocenters. The molecular weight excluding hydrogens is 276 g/mol. The Morgan fingerprint density at radius 2 is 2.09 bits per heavy atom. The summed E-state index contributed by atoms with van der Waals surface area (Å²) in [4.78, 5) is 14.6. The number of carbonyl (C=O) groups is 1. The van der Waals surface area contributed by atoms with Crippen LogP contribution in [0.3, 0.4) is 0 Å². The van der Waals surface area contributed by atoms with Gasteiger partial charge in [0.2, 0.25) is 5.91 Å². The summed E-state index contributed by atoms with van der Waals surface area (Å²) in [6.45, 7) is 5.56. The summed E-state index contributed by atoms with van der Waals surface area (Å²) in [5.74, 6) is 1.23. The van der Waals surface area contributed by atoms with Gasteiger partial charge in [-0.2, -0.15) is 0 Å². The molecule has 2 aliphatic rings. The Hall–Kier alpha value is -1.55. The first kappa shape index (κ1) is 16.8. The molecule has 0 aliphatic carbocycles. The minimum absolute atomic E-state index is 0.0614. The molecule has 22 heavy (non-hydrogen) atoms. The number of carbonyl (C=O) groups excluding carboxylic acids is 1. The maximum absolute atomic E-state index is 12.6. The first-order valence-corrected chi connectivity index (χ1v) is 8.24. The molecule has 2 heterocycles. The third-order valence-electron chi connectivity index (χ3n) is 4.68. The lowest BCUT2D eigenvalue weighted by molar-refractivity contribution is -0.136. The Balaban J connectivity index is 1.80. The first-order chi connectivity index (χ1) is 10.7. The van der Waals surface area contributed by atoms with Gasteiger partial charge in [0.25, 0.3) is 0 Å². The number of rotatable bonds is 6. The number of ether oxygens (including phenoxy) is 1. The highest BCUT2D eigenvalue weighted by atomic mass is 16.5. The molecule has 2 fully saturated rings. The fourth-order valence-corrected chi connectivity index (χ4v) is 3.30. The van der Waals surface area contributed by atoms with E-state index in [1.54, 1.807) is 7.11 Å². The summed E-state index contributed by atoms with van der Waals surface area (Å²) in [6, 6.07) is 0. The van der Waals surface area contributed by atoms with Crippen molar-refractivity contribution >= 4 is 5.91 Å². The molecule has 0 radical (unpaired) electrons. The smallest absolute Gasteiger partial charge is 0.229 e. The number of methoxy groups -OCH3 is 1. The molecule has 1 amide bonds. The Bertz CT molecular complexity index is 460. The first-order valence-electron chi connectivity index (χ1n) is 8.24. The third-order valence-corrected chi connectivity index (χ3v) is 4.68. The van der Waals surface area contributed by atoms with Crippen LogP contribution in [0.1, 0.15) is 32.6 Å². The van der Waals surface area contributed by atoms with E-state index in [0.717, 1.165) is 57.6 Å². The van der Waals surface area contributed by atoms with Crippen molar-refractivity contribution in [3.8, 4) is 0 Å². The average Bonchev–Trinajstić information content (AvgIpc) is 2.83. The maximum atomic E-state index is 12.6. The van der Waals surface area contributed by atoms with Crippen molar-refractivity contribution in [1.82, 2.24) is 10.2 Å². The van der Waals surface area contributed by atoms with Crippen molar-refractivity contribution in [2.45, 2.75) is 32.6 Å². The zero-order chi connectivity index (χ0) is 15.8. The number of hydrogen-bond donors (Lipinski definition) is 1. The second kappa shape index (κ2) is 8.18. The van der Waals surface area contributed by atoms with Gasteiger partial charge in [0.1, 0.15) is 5.76 Å². The van der Waals surface area contributed by atoms with E-state index in [9.17, 15) is 4.79 Å². The third kappa shape index (κ3) is 4.01. The largest absolute Gasteiger partial charge is 0.497 e. The molecule has 4 heteroatoms. The molecule has 122 valence electrons. The fourth-order valence-electron chi connectivity index (χ4n) is 3.30. The van der Waals surface area contributed by atoms with Crippen LogP contribution in [0.15, 0.2) is 36.1 Å². The van der Waals surface area contributed by atoms with Crippen molar-refractivity contribution in [1.29, 1.82) is 0 Å². The highest BCUT2D eigenvalue weighted by Gasteiger charge is 2.46. The van der Waals surface area contributed by atoms with Crippen LogP contribution in [0.5, 0.6) is 0 Å². The molecule has 4 nitrogen and oxygen atoms in total. The lowest BCUT2D eigenvalue weighted by Crippen LogP contribution is -2.42. The van der Waals surface area contributed by atoms with Gasteiger partial charge < -0.3 is 15.0 Å². The number of nitrogens with zero attached hydrogens (tertiary/aromatic N) is 1.